The van der Waals surface area contributed by atoms with Gasteiger partial charge in [0.15, 0.2) is 0 Å². The number of nitrogens with zero attached hydrogens (tertiary/aromatic N) is 3. The van der Waals surface area contributed by atoms with Gasteiger partial charge in [-0.2, -0.15) is 0 Å². The predicted molar refractivity (Wildman–Crippen MR) is 105 cm³/mol. The molecule has 3 aromatic rings. The van der Waals surface area contributed by atoms with Crippen molar-refractivity contribution < 1.29 is 14.1 Å². The van der Waals surface area contributed by atoms with Crippen LogP contribution in [0.3, 0.4) is 0 Å². The molecule has 146 valence electrons. The first-order chi connectivity index (χ1) is 13.6. The first-order valence-electron chi connectivity index (χ1n) is 9.38. The number of carbonyl (C=O) groups excluding carboxylic acids is 1. The summed E-state index contributed by atoms with van der Waals surface area (Å²) in [6, 6.07) is 5.72. The maximum absolute atomic E-state index is 11.9. The molecule has 0 aromatic carbocycles. The highest BCUT2D eigenvalue weighted by atomic mass is 32.1. The molecule has 1 saturated carbocycles. The van der Waals surface area contributed by atoms with E-state index in [1.165, 1.54) is 24.2 Å². The number of aromatic nitrogens is 3. The quantitative estimate of drug-likeness (QED) is 0.645. The Labute approximate surface area is 167 Å². The number of pyridine rings is 1. The number of thiazole rings is 1. The van der Waals surface area contributed by atoms with Gasteiger partial charge in [0.05, 0.1) is 16.4 Å². The van der Waals surface area contributed by atoms with Crippen LogP contribution in [0, 0.1) is 19.8 Å². The average Bonchev–Trinajstić information content (AvgIpc) is 3.37. The highest BCUT2D eigenvalue weighted by Gasteiger charge is 2.23. The van der Waals surface area contributed by atoms with Gasteiger partial charge in [-0.25, -0.2) is 9.78 Å². The molecule has 0 spiro atoms. The van der Waals surface area contributed by atoms with Gasteiger partial charge in [-0.05, 0) is 51.2 Å². The van der Waals surface area contributed by atoms with Crippen LogP contribution in [-0.4, -0.2) is 27.8 Å². The third kappa shape index (κ3) is 4.39. The van der Waals surface area contributed by atoms with Crippen molar-refractivity contribution in [2.24, 2.45) is 5.92 Å². The third-order valence-corrected chi connectivity index (χ3v) is 5.79. The minimum absolute atomic E-state index is 0.405. The average molecular weight is 398 g/mol. The van der Waals surface area contributed by atoms with Crippen molar-refractivity contribution in [1.29, 1.82) is 0 Å². The number of carbonyl (C=O) groups is 1. The van der Waals surface area contributed by atoms with E-state index in [9.17, 15) is 4.79 Å². The van der Waals surface area contributed by atoms with E-state index < -0.39 is 6.09 Å². The van der Waals surface area contributed by atoms with Gasteiger partial charge in [-0.15, -0.1) is 0 Å². The lowest BCUT2D eigenvalue weighted by molar-refractivity contribution is 0.201. The maximum Gasteiger partial charge on any atom is 0.413 e. The number of aryl methyl sites for hydroxylation is 3. The van der Waals surface area contributed by atoms with Gasteiger partial charge < -0.3 is 14.6 Å². The summed E-state index contributed by atoms with van der Waals surface area (Å²) in [6.07, 6.45) is 5.14. The normalized spacial score (nSPS) is 13.5. The van der Waals surface area contributed by atoms with Crippen molar-refractivity contribution in [1.82, 2.24) is 20.4 Å². The Bertz CT molecular complexity index is 963. The van der Waals surface area contributed by atoms with Crippen LogP contribution in [0.4, 0.5) is 4.79 Å². The number of amides is 1. The van der Waals surface area contributed by atoms with Crippen molar-refractivity contribution in [2.45, 2.75) is 39.5 Å². The van der Waals surface area contributed by atoms with Gasteiger partial charge in [0.2, 0.25) is 5.06 Å². The van der Waals surface area contributed by atoms with Crippen LogP contribution in [0.15, 0.2) is 28.9 Å². The summed E-state index contributed by atoms with van der Waals surface area (Å²) in [4.78, 5) is 20.8. The van der Waals surface area contributed by atoms with Crippen LogP contribution in [0.5, 0.6) is 5.06 Å². The number of hydrogen-bond donors (Lipinski definition) is 1. The fourth-order valence-corrected chi connectivity index (χ4v) is 3.84. The SMILES string of the molecule is Cc1nc(CCc2c(-c3ccccn3)noc2C)sc1OC(=O)NCC1CC1. The molecule has 0 atom stereocenters. The Morgan fingerprint density at radius 3 is 2.93 bits per heavy atom. The Kier molecular flexibility index (Phi) is 5.38. The molecule has 0 unspecified atom stereocenters. The Morgan fingerprint density at radius 1 is 1.32 bits per heavy atom. The number of rotatable bonds is 7. The molecule has 0 saturated heterocycles. The molecule has 1 aliphatic rings. The zero-order chi connectivity index (χ0) is 19.5. The molecule has 7 nitrogen and oxygen atoms in total. The van der Waals surface area contributed by atoms with Crippen LogP contribution in [-0.2, 0) is 12.8 Å². The van der Waals surface area contributed by atoms with E-state index in [4.69, 9.17) is 9.26 Å². The smallest absolute Gasteiger partial charge is 0.397 e. The second kappa shape index (κ2) is 8.10. The standard InChI is InChI=1S/C20H22N4O3S/c1-12-19(26-20(25)22-11-14-6-7-14)28-17(23-12)9-8-15-13(2)27-24-18(15)16-5-3-4-10-21-16/h3-5,10,14H,6-9,11H2,1-2H3,(H,22,25). The maximum atomic E-state index is 11.9. The van der Waals surface area contributed by atoms with Crippen molar-refractivity contribution in [3.05, 3.63) is 46.4 Å². The highest BCUT2D eigenvalue weighted by Crippen LogP contribution is 2.30. The van der Waals surface area contributed by atoms with Gasteiger partial charge in [-0.1, -0.05) is 22.6 Å². The molecule has 8 heteroatoms. The van der Waals surface area contributed by atoms with E-state index in [1.807, 2.05) is 32.0 Å². The Morgan fingerprint density at radius 2 is 2.18 bits per heavy atom. The summed E-state index contributed by atoms with van der Waals surface area (Å²) in [5.74, 6) is 1.40. The van der Waals surface area contributed by atoms with Crippen LogP contribution >= 0.6 is 11.3 Å². The van der Waals surface area contributed by atoms with Gasteiger partial charge >= 0.3 is 6.09 Å². The summed E-state index contributed by atoms with van der Waals surface area (Å²) in [7, 11) is 0. The number of ether oxygens (including phenoxy) is 1. The minimum atomic E-state index is -0.405. The molecular weight excluding hydrogens is 376 g/mol. The van der Waals surface area contributed by atoms with Gasteiger partial charge in [0.25, 0.3) is 0 Å². The molecule has 0 bridgehead atoms. The fourth-order valence-electron chi connectivity index (χ4n) is 2.93. The summed E-state index contributed by atoms with van der Waals surface area (Å²) in [6.45, 7) is 4.45. The van der Waals surface area contributed by atoms with E-state index in [-0.39, 0.29) is 0 Å². The molecule has 1 aliphatic carbocycles. The van der Waals surface area contributed by atoms with Crippen LogP contribution in [0.25, 0.3) is 11.4 Å². The van der Waals surface area contributed by atoms with Crippen LogP contribution < -0.4 is 10.1 Å². The predicted octanol–water partition coefficient (Wildman–Crippen LogP) is 4.09. The van der Waals surface area contributed by atoms with Gasteiger partial charge in [0.1, 0.15) is 11.5 Å². The molecule has 3 aromatic heterocycles. The molecule has 0 aliphatic heterocycles. The lowest BCUT2D eigenvalue weighted by Gasteiger charge is -2.03. The van der Waals surface area contributed by atoms with Crippen LogP contribution in [0.2, 0.25) is 0 Å². The second-order valence-electron chi connectivity index (χ2n) is 6.98. The van der Waals surface area contributed by atoms with Crippen molar-refractivity contribution in [3.8, 4) is 16.5 Å². The topological polar surface area (TPSA) is 90.1 Å². The van der Waals surface area contributed by atoms with Crippen molar-refractivity contribution in [3.63, 3.8) is 0 Å². The van der Waals surface area contributed by atoms with Gasteiger partial charge in [0, 0.05) is 24.7 Å². The number of nitrogens with one attached hydrogen (secondary N) is 1. The molecule has 3 heterocycles. The van der Waals surface area contributed by atoms with E-state index in [0.29, 0.717) is 23.9 Å². The zero-order valence-corrected chi connectivity index (χ0v) is 16.7. The fraction of sp³-hybridized carbons (Fsp3) is 0.400. The largest absolute Gasteiger partial charge is 0.413 e. The van der Waals surface area contributed by atoms with Crippen molar-refractivity contribution >= 4 is 17.4 Å². The molecular formula is C20H22N4O3S. The zero-order valence-electron chi connectivity index (χ0n) is 15.9. The Balaban J connectivity index is 1.40. The molecule has 1 amide bonds. The van der Waals surface area contributed by atoms with E-state index in [1.54, 1.807) is 6.20 Å². The molecule has 0 radical (unpaired) electrons. The molecule has 28 heavy (non-hydrogen) atoms. The first-order valence-corrected chi connectivity index (χ1v) is 10.2. The second-order valence-corrected chi connectivity index (χ2v) is 8.02. The highest BCUT2D eigenvalue weighted by molar-refractivity contribution is 7.13. The minimum Gasteiger partial charge on any atom is -0.397 e. The summed E-state index contributed by atoms with van der Waals surface area (Å²) in [5.41, 5.74) is 3.31. The van der Waals surface area contributed by atoms with Crippen molar-refractivity contribution in [2.75, 3.05) is 6.54 Å². The summed E-state index contributed by atoms with van der Waals surface area (Å²) >= 11 is 1.41. The lowest BCUT2D eigenvalue weighted by Crippen LogP contribution is -2.28. The third-order valence-electron chi connectivity index (χ3n) is 4.70. The van der Waals surface area contributed by atoms with Gasteiger partial charge in [-0.3, -0.25) is 4.98 Å². The summed E-state index contributed by atoms with van der Waals surface area (Å²) in [5, 5.41) is 8.44. The number of hydrogen-bond acceptors (Lipinski definition) is 7. The lowest BCUT2D eigenvalue weighted by atomic mass is 10.1. The van der Waals surface area contributed by atoms with E-state index in [2.05, 4.69) is 20.4 Å². The Hall–Kier alpha value is -2.74. The molecule has 1 N–H and O–H groups in total. The summed E-state index contributed by atoms with van der Waals surface area (Å²) < 4.78 is 10.8. The molecule has 1 fully saturated rings. The molecule has 4 rings (SSSR count). The monoisotopic (exact) mass is 398 g/mol. The first kappa shape index (κ1) is 18.6. The van der Waals surface area contributed by atoms with E-state index in [0.717, 1.165) is 39.8 Å². The van der Waals surface area contributed by atoms with E-state index >= 15 is 0 Å². The van der Waals surface area contributed by atoms with Crippen LogP contribution in [0.1, 0.15) is 34.9 Å².